The fourth-order valence-corrected chi connectivity index (χ4v) is 2.41. The van der Waals surface area contributed by atoms with E-state index in [0.717, 1.165) is 37.4 Å². The first kappa shape index (κ1) is 20.0. The summed E-state index contributed by atoms with van der Waals surface area (Å²) in [6, 6.07) is 8.11. The van der Waals surface area contributed by atoms with E-state index in [4.69, 9.17) is 5.73 Å². The van der Waals surface area contributed by atoms with Gasteiger partial charge in [-0.25, -0.2) is 0 Å². The van der Waals surface area contributed by atoms with Crippen LogP contribution in [0, 0.1) is 0 Å². The van der Waals surface area contributed by atoms with E-state index in [2.05, 4.69) is 18.7 Å². The molecule has 1 heterocycles. The number of nitrogen functional groups attached to an aromatic ring is 1. The largest absolute Gasteiger partial charge is 0.399 e. The summed E-state index contributed by atoms with van der Waals surface area (Å²) in [7, 11) is 0. The van der Waals surface area contributed by atoms with Gasteiger partial charge in [-0.05, 0) is 31.5 Å². The van der Waals surface area contributed by atoms with E-state index in [9.17, 15) is 4.79 Å². The second kappa shape index (κ2) is 9.13. The molecule has 1 amide bonds. The quantitative estimate of drug-likeness (QED) is 0.863. The minimum absolute atomic E-state index is 0. The molecule has 0 saturated carbocycles. The number of amides is 1. The van der Waals surface area contributed by atoms with Crippen LogP contribution in [0.4, 0.5) is 5.69 Å². The van der Waals surface area contributed by atoms with Crippen molar-refractivity contribution in [2.75, 3.05) is 31.9 Å². The van der Waals surface area contributed by atoms with E-state index in [1.165, 1.54) is 0 Å². The second-order valence-electron chi connectivity index (χ2n) is 5.43. The summed E-state index contributed by atoms with van der Waals surface area (Å²) in [5, 5.41) is 0. The maximum Gasteiger partial charge on any atom is 0.227 e. The Morgan fingerprint density at radius 2 is 1.62 bits per heavy atom. The first-order chi connectivity index (χ1) is 9.06. The molecule has 0 radical (unpaired) electrons. The first-order valence-corrected chi connectivity index (χ1v) is 6.92. The zero-order valence-corrected chi connectivity index (χ0v) is 14.3. The van der Waals surface area contributed by atoms with Crippen LogP contribution in [0.1, 0.15) is 19.4 Å². The van der Waals surface area contributed by atoms with Crippen LogP contribution in [0.5, 0.6) is 0 Å². The molecule has 2 rings (SSSR count). The second-order valence-corrected chi connectivity index (χ2v) is 5.43. The molecule has 2 N–H and O–H groups in total. The summed E-state index contributed by atoms with van der Waals surface area (Å²) in [5.74, 6) is 0.216. The molecule has 21 heavy (non-hydrogen) atoms. The summed E-state index contributed by atoms with van der Waals surface area (Å²) in [6.45, 7) is 8.03. The van der Waals surface area contributed by atoms with Crippen LogP contribution in [0.2, 0.25) is 0 Å². The number of halogens is 2. The van der Waals surface area contributed by atoms with Gasteiger partial charge in [0.2, 0.25) is 5.91 Å². The van der Waals surface area contributed by atoms with E-state index < -0.39 is 0 Å². The van der Waals surface area contributed by atoms with Crippen molar-refractivity contribution >= 4 is 36.4 Å². The summed E-state index contributed by atoms with van der Waals surface area (Å²) in [4.78, 5) is 16.6. The van der Waals surface area contributed by atoms with Gasteiger partial charge in [-0.3, -0.25) is 9.69 Å². The van der Waals surface area contributed by atoms with Crippen LogP contribution >= 0.6 is 24.8 Å². The average Bonchev–Trinajstić information content (AvgIpc) is 2.41. The number of piperazine rings is 1. The smallest absolute Gasteiger partial charge is 0.227 e. The minimum atomic E-state index is 0. The van der Waals surface area contributed by atoms with Gasteiger partial charge in [0.1, 0.15) is 0 Å². The van der Waals surface area contributed by atoms with Gasteiger partial charge in [0.05, 0.1) is 6.42 Å². The number of rotatable bonds is 3. The highest BCUT2D eigenvalue weighted by Gasteiger charge is 2.22. The number of benzene rings is 1. The standard InChI is InChI=1S/C15H23N3O.2ClH/c1-12(2)17-7-9-18(10-8-17)15(19)11-13-3-5-14(16)6-4-13;;/h3-6,12H,7-11,16H2,1-2H3;2*1H. The molecule has 4 nitrogen and oxygen atoms in total. The summed E-state index contributed by atoms with van der Waals surface area (Å²) in [6.07, 6.45) is 0.474. The average molecular weight is 334 g/mol. The topological polar surface area (TPSA) is 49.6 Å². The van der Waals surface area contributed by atoms with Crippen molar-refractivity contribution in [2.45, 2.75) is 26.3 Å². The third kappa shape index (κ3) is 5.73. The molecule has 0 spiro atoms. The fourth-order valence-electron chi connectivity index (χ4n) is 2.41. The van der Waals surface area contributed by atoms with Gasteiger partial charge in [-0.15, -0.1) is 24.8 Å². The highest BCUT2D eigenvalue weighted by atomic mass is 35.5. The Morgan fingerprint density at radius 1 is 1.10 bits per heavy atom. The zero-order valence-electron chi connectivity index (χ0n) is 12.6. The molecule has 0 unspecified atom stereocenters. The number of nitrogens with two attached hydrogens (primary N) is 1. The van der Waals surface area contributed by atoms with Gasteiger partial charge in [0, 0.05) is 37.9 Å². The predicted molar refractivity (Wildman–Crippen MR) is 92.3 cm³/mol. The molecule has 1 saturated heterocycles. The van der Waals surface area contributed by atoms with Crippen molar-refractivity contribution < 1.29 is 4.79 Å². The molecular formula is C15H25Cl2N3O. The van der Waals surface area contributed by atoms with E-state index in [1.54, 1.807) is 0 Å². The highest BCUT2D eigenvalue weighted by Crippen LogP contribution is 2.10. The van der Waals surface area contributed by atoms with Gasteiger partial charge in [-0.1, -0.05) is 12.1 Å². The van der Waals surface area contributed by atoms with Gasteiger partial charge in [0.25, 0.3) is 0 Å². The Bertz CT molecular complexity index is 429. The van der Waals surface area contributed by atoms with Crippen LogP contribution in [0.15, 0.2) is 24.3 Å². The lowest BCUT2D eigenvalue weighted by molar-refractivity contribution is -0.132. The van der Waals surface area contributed by atoms with Crippen molar-refractivity contribution in [2.24, 2.45) is 0 Å². The van der Waals surface area contributed by atoms with E-state index in [1.807, 2.05) is 29.2 Å². The van der Waals surface area contributed by atoms with E-state index in [0.29, 0.717) is 12.5 Å². The molecule has 6 heteroatoms. The normalized spacial score (nSPS) is 15.3. The highest BCUT2D eigenvalue weighted by molar-refractivity contribution is 5.85. The zero-order chi connectivity index (χ0) is 13.8. The molecule has 1 aliphatic rings. The molecule has 0 aromatic heterocycles. The molecular weight excluding hydrogens is 309 g/mol. The summed E-state index contributed by atoms with van der Waals surface area (Å²) >= 11 is 0. The Hall–Kier alpha value is -0.970. The molecule has 120 valence electrons. The SMILES string of the molecule is CC(C)N1CCN(C(=O)Cc2ccc(N)cc2)CC1.Cl.Cl. The van der Waals surface area contributed by atoms with Crippen molar-refractivity contribution in [3.05, 3.63) is 29.8 Å². The van der Waals surface area contributed by atoms with Crippen LogP contribution in [0.25, 0.3) is 0 Å². The Kier molecular flexibility index (Phi) is 8.71. The molecule has 1 aromatic carbocycles. The summed E-state index contributed by atoms with van der Waals surface area (Å²) < 4.78 is 0. The van der Waals surface area contributed by atoms with Crippen molar-refractivity contribution in [3.8, 4) is 0 Å². The van der Waals surface area contributed by atoms with E-state index >= 15 is 0 Å². The van der Waals surface area contributed by atoms with Gasteiger partial charge < -0.3 is 10.6 Å². The lowest BCUT2D eigenvalue weighted by atomic mass is 10.1. The lowest BCUT2D eigenvalue weighted by Crippen LogP contribution is -2.51. The van der Waals surface area contributed by atoms with Gasteiger partial charge in [0.15, 0.2) is 0 Å². The van der Waals surface area contributed by atoms with E-state index in [-0.39, 0.29) is 30.7 Å². The minimum Gasteiger partial charge on any atom is -0.399 e. The number of carbonyl (C=O) groups is 1. The summed E-state index contributed by atoms with van der Waals surface area (Å²) in [5.41, 5.74) is 7.41. The van der Waals surface area contributed by atoms with Gasteiger partial charge >= 0.3 is 0 Å². The predicted octanol–water partition coefficient (Wildman–Crippen LogP) is 2.21. The Balaban J connectivity index is 0.00000200. The number of nitrogens with zero attached hydrogens (tertiary/aromatic N) is 2. The van der Waals surface area contributed by atoms with Crippen molar-refractivity contribution in [1.82, 2.24) is 9.80 Å². The van der Waals surface area contributed by atoms with Crippen LogP contribution in [-0.2, 0) is 11.2 Å². The van der Waals surface area contributed by atoms with Crippen LogP contribution < -0.4 is 5.73 Å². The lowest BCUT2D eigenvalue weighted by Gasteiger charge is -2.37. The first-order valence-electron chi connectivity index (χ1n) is 6.92. The molecule has 0 bridgehead atoms. The molecule has 0 aliphatic carbocycles. The third-order valence-corrected chi connectivity index (χ3v) is 3.73. The molecule has 0 atom stereocenters. The maximum absolute atomic E-state index is 12.2. The molecule has 1 aromatic rings. The number of hydrogen-bond donors (Lipinski definition) is 1. The van der Waals surface area contributed by atoms with Crippen molar-refractivity contribution in [1.29, 1.82) is 0 Å². The number of carbonyl (C=O) groups excluding carboxylic acids is 1. The Labute approximate surface area is 139 Å². The fraction of sp³-hybridized carbons (Fsp3) is 0.533. The molecule has 1 aliphatic heterocycles. The van der Waals surface area contributed by atoms with Crippen molar-refractivity contribution in [3.63, 3.8) is 0 Å². The van der Waals surface area contributed by atoms with Gasteiger partial charge in [-0.2, -0.15) is 0 Å². The maximum atomic E-state index is 12.2. The Morgan fingerprint density at radius 3 is 2.10 bits per heavy atom. The van der Waals surface area contributed by atoms with Crippen LogP contribution in [0.3, 0.4) is 0 Å². The monoisotopic (exact) mass is 333 g/mol. The molecule has 1 fully saturated rings. The third-order valence-electron chi connectivity index (χ3n) is 3.73. The number of hydrogen-bond acceptors (Lipinski definition) is 3. The van der Waals surface area contributed by atoms with Crippen LogP contribution in [-0.4, -0.2) is 47.9 Å². The number of anilines is 1.